The molecule has 3 fully saturated rings. The van der Waals surface area contributed by atoms with Crippen LogP contribution < -0.4 is 4.90 Å². The largest absolute Gasteiger partial charge is 0.396 e. The van der Waals surface area contributed by atoms with E-state index in [1.165, 1.54) is 0 Å². The number of rotatable bonds is 14. The Balaban J connectivity index is 1.57. The Bertz CT molecular complexity index is 1370. The summed E-state index contributed by atoms with van der Waals surface area (Å²) in [5, 5.41) is 9.36. The zero-order valence-electron chi connectivity index (χ0n) is 25.9. The minimum atomic E-state index is -1.13. The van der Waals surface area contributed by atoms with Gasteiger partial charge in [0.05, 0.1) is 17.4 Å². The van der Waals surface area contributed by atoms with Crippen LogP contribution in [-0.2, 0) is 25.7 Å². The molecule has 3 saturated heterocycles. The Labute approximate surface area is 261 Å². The Morgan fingerprint density at radius 3 is 2.30 bits per heavy atom. The minimum absolute atomic E-state index is 0.0616. The van der Waals surface area contributed by atoms with Gasteiger partial charge in [0, 0.05) is 38.5 Å². The summed E-state index contributed by atoms with van der Waals surface area (Å²) < 4.78 is 6.97. The lowest BCUT2D eigenvalue weighted by Crippen LogP contribution is -2.57. The van der Waals surface area contributed by atoms with Crippen molar-refractivity contribution in [1.29, 1.82) is 0 Å². The maximum Gasteiger partial charge on any atom is 0.248 e. The van der Waals surface area contributed by atoms with Crippen LogP contribution in [0.25, 0.3) is 0 Å². The van der Waals surface area contributed by atoms with Crippen molar-refractivity contribution in [3.8, 4) is 0 Å². The Hall–Kier alpha value is -3.75. The molecule has 0 aromatic heterocycles. The molecule has 2 aromatic carbocycles. The number of unbranched alkanes of at least 4 members (excludes halogenated alkanes) is 2. The minimum Gasteiger partial charge on any atom is -0.396 e. The van der Waals surface area contributed by atoms with Crippen LogP contribution >= 0.6 is 0 Å². The molecule has 44 heavy (non-hydrogen) atoms. The van der Waals surface area contributed by atoms with Gasteiger partial charge in [0.1, 0.15) is 11.6 Å². The molecule has 6 atom stereocenters. The normalized spacial score (nSPS) is 28.5. The quantitative estimate of drug-likeness (QED) is 0.253. The number of aliphatic hydroxyl groups excluding tert-OH is 1. The van der Waals surface area contributed by atoms with Crippen LogP contribution in [0, 0.1) is 17.8 Å². The maximum atomic E-state index is 14.7. The second-order valence-corrected chi connectivity index (χ2v) is 12.6. The number of carbonyl (C=O) groups excluding carboxylic acids is 3. The van der Waals surface area contributed by atoms with E-state index in [1.807, 2.05) is 67.6 Å². The Kier molecular flexibility index (Phi) is 9.42. The molecule has 5 rings (SSSR count). The summed E-state index contributed by atoms with van der Waals surface area (Å²) in [4.78, 5) is 49.0. The third-order valence-electron chi connectivity index (χ3n) is 9.89. The molecule has 3 unspecified atom stereocenters. The predicted octanol–water partition coefficient (Wildman–Crippen LogP) is 4.59. The van der Waals surface area contributed by atoms with Crippen LogP contribution in [0.4, 0.5) is 5.69 Å². The highest BCUT2D eigenvalue weighted by Gasteiger charge is 2.80. The lowest BCUT2D eigenvalue weighted by Gasteiger charge is -2.39. The number of hydrogen-bond donors (Lipinski definition) is 1. The molecule has 234 valence electrons. The van der Waals surface area contributed by atoms with Gasteiger partial charge in [-0.05, 0) is 56.2 Å². The van der Waals surface area contributed by atoms with Crippen LogP contribution in [0.3, 0.4) is 0 Å². The summed E-state index contributed by atoms with van der Waals surface area (Å²) in [6, 6.07) is 18.3. The number of nitrogens with zero attached hydrogens (tertiary/aromatic N) is 3. The highest BCUT2D eigenvalue weighted by Crippen LogP contribution is 2.65. The molecule has 1 N–H and O–H groups in total. The number of aliphatic hydroxyl groups is 1. The fraction of sp³-hybridized carbons (Fsp3) is 0.472. The van der Waals surface area contributed by atoms with E-state index < -0.39 is 29.1 Å². The third kappa shape index (κ3) is 5.39. The van der Waals surface area contributed by atoms with Gasteiger partial charge in [-0.25, -0.2) is 0 Å². The van der Waals surface area contributed by atoms with E-state index in [4.69, 9.17) is 4.74 Å². The van der Waals surface area contributed by atoms with Gasteiger partial charge in [0.15, 0.2) is 0 Å². The van der Waals surface area contributed by atoms with Crippen molar-refractivity contribution < 1.29 is 24.2 Å². The Morgan fingerprint density at radius 2 is 1.66 bits per heavy atom. The number of benzene rings is 2. The molecular formula is C36H45N3O5. The molecule has 0 radical (unpaired) electrons. The molecule has 3 amide bonds. The fourth-order valence-corrected chi connectivity index (χ4v) is 7.80. The maximum absolute atomic E-state index is 14.7. The van der Waals surface area contributed by atoms with Crippen molar-refractivity contribution in [2.24, 2.45) is 17.8 Å². The first-order valence-corrected chi connectivity index (χ1v) is 15.8. The highest BCUT2D eigenvalue weighted by atomic mass is 16.5. The summed E-state index contributed by atoms with van der Waals surface area (Å²) in [6.45, 7) is 13.2. The molecule has 8 nitrogen and oxygen atoms in total. The zero-order valence-corrected chi connectivity index (χ0v) is 25.9. The van der Waals surface area contributed by atoms with Gasteiger partial charge in [-0.1, -0.05) is 67.6 Å². The second kappa shape index (κ2) is 13.1. The number of carbonyl (C=O) groups is 3. The zero-order chi connectivity index (χ0) is 31.5. The topological polar surface area (TPSA) is 90.4 Å². The molecule has 3 heterocycles. The van der Waals surface area contributed by atoms with Crippen LogP contribution in [0.15, 0.2) is 86.0 Å². The van der Waals surface area contributed by atoms with E-state index in [1.54, 1.807) is 26.9 Å². The molecule has 2 bridgehead atoms. The lowest BCUT2D eigenvalue weighted by atomic mass is 9.62. The van der Waals surface area contributed by atoms with E-state index in [-0.39, 0.29) is 36.8 Å². The summed E-state index contributed by atoms with van der Waals surface area (Å²) >= 11 is 0. The van der Waals surface area contributed by atoms with Gasteiger partial charge in [0.25, 0.3) is 0 Å². The molecule has 1 spiro atoms. The average Bonchev–Trinajstić information content (AvgIpc) is 3.54. The summed E-state index contributed by atoms with van der Waals surface area (Å²) in [5.41, 5.74) is -0.352. The van der Waals surface area contributed by atoms with Crippen LogP contribution in [0.2, 0.25) is 0 Å². The number of ether oxygens (including phenoxy) is 1. The first-order valence-electron chi connectivity index (χ1n) is 15.8. The van der Waals surface area contributed by atoms with Crippen LogP contribution in [-0.4, -0.2) is 76.1 Å². The van der Waals surface area contributed by atoms with Crippen LogP contribution in [0.5, 0.6) is 0 Å². The van der Waals surface area contributed by atoms with Crippen molar-refractivity contribution in [2.45, 2.75) is 63.3 Å². The van der Waals surface area contributed by atoms with Crippen molar-refractivity contribution >= 4 is 23.4 Å². The lowest BCUT2D eigenvalue weighted by molar-refractivity contribution is -0.152. The molecule has 8 heteroatoms. The smallest absolute Gasteiger partial charge is 0.248 e. The standard InChI is InChI=1S/C36H45N3O5/c1-5-20-37(25-27-16-10-7-11-17-27)34(43)31-36-24-26(3)35(4,44-36)29(30(36)33(42)39(31)22-14-9-15-23-40)32(41)38(21-6-2)28-18-12-8-13-19-28/h5-8,10-13,16-19,26,29-31,40H,1-2,9,14-15,20-25H2,3-4H3/t26?,29-,30+,31?,35+,36?/m1/s1. The highest BCUT2D eigenvalue weighted by molar-refractivity contribution is 6.03. The van der Waals surface area contributed by atoms with Crippen molar-refractivity contribution in [3.05, 3.63) is 91.5 Å². The average molecular weight is 600 g/mol. The van der Waals surface area contributed by atoms with Gasteiger partial charge < -0.3 is 24.5 Å². The second-order valence-electron chi connectivity index (χ2n) is 12.6. The molecular weight excluding hydrogens is 554 g/mol. The summed E-state index contributed by atoms with van der Waals surface area (Å²) in [6.07, 6.45) is 5.87. The molecule has 0 saturated carbocycles. The summed E-state index contributed by atoms with van der Waals surface area (Å²) in [7, 11) is 0. The number of likely N-dealkylation sites (tertiary alicyclic amines) is 1. The predicted molar refractivity (Wildman–Crippen MR) is 170 cm³/mol. The van der Waals surface area contributed by atoms with E-state index in [0.29, 0.717) is 38.9 Å². The molecule has 2 aromatic rings. The van der Waals surface area contributed by atoms with E-state index in [9.17, 15) is 19.5 Å². The van der Waals surface area contributed by atoms with Gasteiger partial charge in [-0.3, -0.25) is 14.4 Å². The number of para-hydroxylation sites is 1. The van der Waals surface area contributed by atoms with Crippen molar-refractivity contribution in [2.75, 3.05) is 31.1 Å². The van der Waals surface area contributed by atoms with Gasteiger partial charge in [-0.15, -0.1) is 13.2 Å². The number of fused-ring (bicyclic) bond motifs is 1. The van der Waals surface area contributed by atoms with E-state index >= 15 is 0 Å². The van der Waals surface area contributed by atoms with Crippen LogP contribution in [0.1, 0.15) is 45.1 Å². The molecule has 0 aliphatic carbocycles. The first-order chi connectivity index (χ1) is 21.2. The number of hydrogen-bond acceptors (Lipinski definition) is 5. The van der Waals surface area contributed by atoms with E-state index in [0.717, 1.165) is 17.7 Å². The van der Waals surface area contributed by atoms with E-state index in [2.05, 4.69) is 20.1 Å². The van der Waals surface area contributed by atoms with Gasteiger partial charge >= 0.3 is 0 Å². The monoisotopic (exact) mass is 599 g/mol. The SMILES string of the molecule is C=CCN(Cc1ccccc1)C(=O)C1N(CCCCCO)C(=O)[C@@H]2[C@H](C(=O)N(CC=C)c3ccccc3)[C@@]3(C)OC12CC3C. The third-order valence-corrected chi connectivity index (χ3v) is 9.89. The summed E-state index contributed by atoms with van der Waals surface area (Å²) in [5.74, 6) is -2.20. The number of anilines is 1. The van der Waals surface area contributed by atoms with Gasteiger partial charge in [0.2, 0.25) is 17.7 Å². The molecule has 3 aliphatic rings. The first kappa shape index (κ1) is 31.7. The van der Waals surface area contributed by atoms with Crippen molar-refractivity contribution in [3.63, 3.8) is 0 Å². The fourth-order valence-electron chi connectivity index (χ4n) is 7.80. The van der Waals surface area contributed by atoms with Crippen molar-refractivity contribution in [1.82, 2.24) is 9.80 Å². The molecule has 3 aliphatic heterocycles. The number of amides is 3. The Morgan fingerprint density at radius 1 is 1.00 bits per heavy atom. The van der Waals surface area contributed by atoms with Gasteiger partial charge in [-0.2, -0.15) is 0 Å².